The SMILES string of the molecule is COc1ccccc1NC(=O)C1=C(C)Nc2nc(SCc3ccccc3)nn2C1c1cccnc1. The average molecular weight is 485 g/mol. The Morgan fingerprint density at radius 3 is 2.69 bits per heavy atom. The van der Waals surface area contributed by atoms with Crippen LogP contribution >= 0.6 is 11.8 Å². The molecular formula is C26H24N6O2S. The maximum absolute atomic E-state index is 13.6. The second-order valence-corrected chi connectivity index (χ2v) is 8.89. The van der Waals surface area contributed by atoms with Crippen molar-refractivity contribution in [2.24, 2.45) is 0 Å². The number of hydrogen-bond acceptors (Lipinski definition) is 7. The number of nitrogens with zero attached hydrogens (tertiary/aromatic N) is 4. The molecule has 1 unspecified atom stereocenters. The Balaban J connectivity index is 1.48. The first-order valence-corrected chi connectivity index (χ1v) is 12.1. The third kappa shape index (κ3) is 4.76. The second kappa shape index (κ2) is 10.0. The van der Waals surface area contributed by atoms with Crippen molar-refractivity contribution in [1.82, 2.24) is 19.7 Å². The van der Waals surface area contributed by atoms with Gasteiger partial charge in [-0.15, -0.1) is 5.10 Å². The number of hydrogen-bond donors (Lipinski definition) is 2. The number of rotatable bonds is 7. The summed E-state index contributed by atoms with van der Waals surface area (Å²) in [4.78, 5) is 22.6. The zero-order chi connectivity index (χ0) is 24.2. The minimum atomic E-state index is -0.492. The van der Waals surface area contributed by atoms with Gasteiger partial charge in [0.05, 0.1) is 18.4 Å². The van der Waals surface area contributed by atoms with E-state index in [1.165, 1.54) is 5.56 Å². The number of ether oxygens (including phenoxy) is 1. The van der Waals surface area contributed by atoms with Crippen LogP contribution in [0.3, 0.4) is 0 Å². The molecule has 1 aliphatic heterocycles. The van der Waals surface area contributed by atoms with Gasteiger partial charge in [-0.25, -0.2) is 4.68 Å². The number of thioether (sulfide) groups is 1. The van der Waals surface area contributed by atoms with E-state index in [0.29, 0.717) is 33.8 Å². The highest BCUT2D eigenvalue weighted by molar-refractivity contribution is 7.98. The Morgan fingerprint density at radius 1 is 1.11 bits per heavy atom. The van der Waals surface area contributed by atoms with Crippen LogP contribution < -0.4 is 15.4 Å². The van der Waals surface area contributed by atoms with E-state index in [1.54, 1.807) is 48.1 Å². The smallest absolute Gasteiger partial charge is 0.255 e. The first kappa shape index (κ1) is 22.7. The molecule has 0 bridgehead atoms. The molecule has 35 heavy (non-hydrogen) atoms. The third-order valence-corrected chi connectivity index (χ3v) is 6.55. The first-order valence-electron chi connectivity index (χ1n) is 11.1. The summed E-state index contributed by atoms with van der Waals surface area (Å²) in [6.45, 7) is 1.87. The molecule has 0 radical (unpaired) electrons. The fourth-order valence-corrected chi connectivity index (χ4v) is 4.78. The van der Waals surface area contributed by atoms with Crippen molar-refractivity contribution in [1.29, 1.82) is 0 Å². The van der Waals surface area contributed by atoms with Gasteiger partial charge in [-0.05, 0) is 36.2 Å². The molecule has 0 aliphatic carbocycles. The van der Waals surface area contributed by atoms with E-state index in [-0.39, 0.29) is 5.91 Å². The lowest BCUT2D eigenvalue weighted by Gasteiger charge is -2.28. The van der Waals surface area contributed by atoms with Crippen molar-refractivity contribution in [2.75, 3.05) is 17.7 Å². The summed E-state index contributed by atoms with van der Waals surface area (Å²) in [7, 11) is 1.58. The lowest BCUT2D eigenvalue weighted by atomic mass is 9.96. The number of nitrogens with one attached hydrogen (secondary N) is 2. The van der Waals surface area contributed by atoms with Gasteiger partial charge < -0.3 is 15.4 Å². The van der Waals surface area contributed by atoms with Crippen molar-refractivity contribution >= 4 is 29.3 Å². The van der Waals surface area contributed by atoms with Crippen LogP contribution in [0.1, 0.15) is 24.1 Å². The number of methoxy groups -OCH3 is 1. The van der Waals surface area contributed by atoms with E-state index in [0.717, 1.165) is 11.3 Å². The Bertz CT molecular complexity index is 1370. The van der Waals surface area contributed by atoms with Gasteiger partial charge in [0.1, 0.15) is 11.8 Å². The minimum Gasteiger partial charge on any atom is -0.495 e. The highest BCUT2D eigenvalue weighted by atomic mass is 32.2. The van der Waals surface area contributed by atoms with Gasteiger partial charge in [-0.2, -0.15) is 4.98 Å². The van der Waals surface area contributed by atoms with E-state index in [2.05, 4.69) is 27.8 Å². The van der Waals surface area contributed by atoms with Crippen molar-refractivity contribution in [3.05, 3.63) is 102 Å². The summed E-state index contributed by atoms with van der Waals surface area (Å²) in [5.74, 6) is 1.66. The summed E-state index contributed by atoms with van der Waals surface area (Å²) < 4.78 is 7.17. The topological polar surface area (TPSA) is 94.0 Å². The van der Waals surface area contributed by atoms with Crippen molar-refractivity contribution < 1.29 is 9.53 Å². The summed E-state index contributed by atoms with van der Waals surface area (Å²) >= 11 is 1.55. The zero-order valence-corrected chi connectivity index (χ0v) is 20.1. The quantitative estimate of drug-likeness (QED) is 0.360. The third-order valence-electron chi connectivity index (χ3n) is 5.64. The number of carbonyl (C=O) groups excluding carboxylic acids is 1. The zero-order valence-electron chi connectivity index (χ0n) is 19.3. The van der Waals surface area contributed by atoms with Gasteiger partial charge in [0.25, 0.3) is 5.91 Å². The molecule has 2 N–H and O–H groups in total. The molecule has 3 heterocycles. The summed E-state index contributed by atoms with van der Waals surface area (Å²) in [6.07, 6.45) is 3.46. The minimum absolute atomic E-state index is 0.256. The molecule has 1 aliphatic rings. The Kier molecular flexibility index (Phi) is 6.49. The number of anilines is 2. The highest BCUT2D eigenvalue weighted by Gasteiger charge is 2.34. The highest BCUT2D eigenvalue weighted by Crippen LogP contribution is 2.37. The molecule has 1 amide bonds. The fraction of sp³-hybridized carbons (Fsp3) is 0.154. The molecular weight excluding hydrogens is 460 g/mol. The van der Waals surface area contributed by atoms with Gasteiger partial charge in [0, 0.05) is 23.8 Å². The van der Waals surface area contributed by atoms with Crippen LogP contribution in [-0.2, 0) is 10.5 Å². The Labute approximate surface area is 207 Å². The van der Waals surface area contributed by atoms with Crippen molar-refractivity contribution in [2.45, 2.75) is 23.9 Å². The van der Waals surface area contributed by atoms with Crippen LogP contribution in [0.4, 0.5) is 11.6 Å². The van der Waals surface area contributed by atoms with Crippen LogP contribution in [0.5, 0.6) is 5.75 Å². The number of allylic oxidation sites excluding steroid dienone is 1. The molecule has 9 heteroatoms. The summed E-state index contributed by atoms with van der Waals surface area (Å²) in [6, 6.07) is 20.8. The number of amides is 1. The standard InChI is InChI=1S/C26H24N6O2S/c1-17-22(24(33)29-20-12-6-7-13-21(20)34-2)23(19-11-8-14-27-15-19)32-25(28-17)30-26(31-32)35-16-18-9-4-3-5-10-18/h3-15,23H,16H2,1-2H3,(H,29,33)(H,28,30,31). The van der Waals surface area contributed by atoms with Gasteiger partial charge in [-0.1, -0.05) is 60.3 Å². The van der Waals surface area contributed by atoms with E-state index in [4.69, 9.17) is 14.8 Å². The second-order valence-electron chi connectivity index (χ2n) is 7.94. The van der Waals surface area contributed by atoms with Crippen LogP contribution in [0.25, 0.3) is 0 Å². The number of para-hydroxylation sites is 2. The van der Waals surface area contributed by atoms with Gasteiger partial charge in [0.2, 0.25) is 11.1 Å². The summed E-state index contributed by atoms with van der Waals surface area (Å²) in [5, 5.41) is 11.7. The lowest BCUT2D eigenvalue weighted by molar-refractivity contribution is -0.113. The molecule has 5 rings (SSSR count). The Hall–Kier alpha value is -4.11. The fourth-order valence-electron chi connectivity index (χ4n) is 3.99. The first-order chi connectivity index (χ1) is 17.1. The number of fused-ring (bicyclic) bond motifs is 1. The van der Waals surface area contributed by atoms with Crippen molar-refractivity contribution in [3.8, 4) is 5.75 Å². The molecule has 0 saturated heterocycles. The van der Waals surface area contributed by atoms with Crippen LogP contribution in [0.15, 0.2) is 95.6 Å². The number of pyridine rings is 1. The van der Waals surface area contributed by atoms with Crippen LogP contribution in [0, 0.1) is 0 Å². The lowest BCUT2D eigenvalue weighted by Crippen LogP contribution is -2.31. The molecule has 0 saturated carbocycles. The number of aromatic nitrogens is 4. The van der Waals surface area contributed by atoms with E-state index >= 15 is 0 Å². The molecule has 0 spiro atoms. The van der Waals surface area contributed by atoms with Gasteiger partial charge in [-0.3, -0.25) is 9.78 Å². The summed E-state index contributed by atoms with van der Waals surface area (Å²) in [5.41, 5.74) is 3.85. The van der Waals surface area contributed by atoms with E-state index in [1.807, 2.05) is 49.4 Å². The molecule has 2 aromatic carbocycles. The number of carbonyl (C=O) groups is 1. The molecule has 1 atom stereocenters. The molecule has 176 valence electrons. The monoisotopic (exact) mass is 484 g/mol. The van der Waals surface area contributed by atoms with Gasteiger partial charge in [0.15, 0.2) is 0 Å². The predicted octanol–water partition coefficient (Wildman–Crippen LogP) is 4.90. The average Bonchev–Trinajstić information content (AvgIpc) is 3.30. The van der Waals surface area contributed by atoms with Crippen molar-refractivity contribution in [3.63, 3.8) is 0 Å². The van der Waals surface area contributed by atoms with Crippen LogP contribution in [0.2, 0.25) is 0 Å². The molecule has 8 nitrogen and oxygen atoms in total. The number of benzene rings is 2. The van der Waals surface area contributed by atoms with Crippen LogP contribution in [-0.4, -0.2) is 32.8 Å². The van der Waals surface area contributed by atoms with E-state index < -0.39 is 6.04 Å². The normalized spacial score (nSPS) is 14.7. The molecule has 4 aromatic rings. The van der Waals surface area contributed by atoms with Gasteiger partial charge >= 0.3 is 0 Å². The maximum atomic E-state index is 13.6. The van der Waals surface area contributed by atoms with E-state index in [9.17, 15) is 4.79 Å². The molecule has 0 fully saturated rings. The predicted molar refractivity (Wildman–Crippen MR) is 136 cm³/mol. The maximum Gasteiger partial charge on any atom is 0.255 e. The largest absolute Gasteiger partial charge is 0.495 e. The Morgan fingerprint density at radius 2 is 1.91 bits per heavy atom. The molecule has 2 aromatic heterocycles.